The van der Waals surface area contributed by atoms with E-state index in [1.807, 2.05) is 72.5 Å². The predicted molar refractivity (Wildman–Crippen MR) is 138 cm³/mol. The molecular weight excluding hydrogens is 438 g/mol. The summed E-state index contributed by atoms with van der Waals surface area (Å²) in [7, 11) is 0. The van der Waals surface area contributed by atoms with Crippen molar-refractivity contribution < 1.29 is 14.6 Å². The Balaban J connectivity index is 1.37. The van der Waals surface area contributed by atoms with Crippen LogP contribution in [-0.4, -0.2) is 39.8 Å². The summed E-state index contributed by atoms with van der Waals surface area (Å²) in [6, 6.07) is 23.9. The number of carbonyl (C=O) groups excluding carboxylic acids is 1. The lowest BCUT2D eigenvalue weighted by Gasteiger charge is -2.19. The molecule has 180 valence electrons. The van der Waals surface area contributed by atoms with Crippen molar-refractivity contribution in [3.63, 3.8) is 0 Å². The van der Waals surface area contributed by atoms with E-state index in [-0.39, 0.29) is 18.4 Å². The number of hydrogen-bond donors (Lipinski definition) is 1. The normalized spacial score (nSPS) is 16.7. The molecule has 35 heavy (non-hydrogen) atoms. The molecule has 1 amide bonds. The number of fused-ring (bicyclic) bond motifs is 1. The van der Waals surface area contributed by atoms with Crippen molar-refractivity contribution in [2.24, 2.45) is 0 Å². The molecule has 1 saturated heterocycles. The number of aliphatic hydroxyl groups excluding tert-OH is 1. The highest BCUT2D eigenvalue weighted by atomic mass is 16.5. The number of para-hydroxylation sites is 2. The average Bonchev–Trinajstić information content (AvgIpc) is 3.43. The zero-order valence-electron chi connectivity index (χ0n) is 20.2. The molecule has 1 fully saturated rings. The Hall–Kier alpha value is -3.64. The summed E-state index contributed by atoms with van der Waals surface area (Å²) in [5.74, 6) is 1.62. The molecule has 1 aliphatic rings. The van der Waals surface area contributed by atoms with Crippen molar-refractivity contribution in [3.8, 4) is 5.75 Å². The third kappa shape index (κ3) is 4.93. The van der Waals surface area contributed by atoms with Crippen LogP contribution < -0.4 is 9.64 Å². The minimum absolute atomic E-state index is 0.0503. The number of ether oxygens (including phenoxy) is 1. The molecule has 0 aliphatic carbocycles. The molecule has 1 N–H and O–H groups in total. The van der Waals surface area contributed by atoms with E-state index in [1.165, 1.54) is 5.56 Å². The maximum absolute atomic E-state index is 13.0. The van der Waals surface area contributed by atoms with Gasteiger partial charge in [0.15, 0.2) is 0 Å². The number of amides is 1. The number of aromatic nitrogens is 2. The second-order valence-electron chi connectivity index (χ2n) is 9.28. The van der Waals surface area contributed by atoms with Crippen LogP contribution in [-0.2, 0) is 17.8 Å². The summed E-state index contributed by atoms with van der Waals surface area (Å²) in [4.78, 5) is 19.7. The van der Waals surface area contributed by atoms with E-state index in [4.69, 9.17) is 9.72 Å². The Kier molecular flexibility index (Phi) is 6.55. The summed E-state index contributed by atoms with van der Waals surface area (Å²) in [5.41, 5.74) is 5.10. The van der Waals surface area contributed by atoms with Crippen LogP contribution in [0.25, 0.3) is 11.0 Å². The molecule has 4 aromatic rings. The van der Waals surface area contributed by atoms with Gasteiger partial charge in [0.25, 0.3) is 0 Å². The van der Waals surface area contributed by atoms with Crippen molar-refractivity contribution in [2.75, 3.05) is 18.1 Å². The molecule has 6 nitrogen and oxygen atoms in total. The zero-order chi connectivity index (χ0) is 24.4. The second-order valence-corrected chi connectivity index (χ2v) is 9.28. The van der Waals surface area contributed by atoms with Crippen LogP contribution in [0.15, 0.2) is 72.8 Å². The van der Waals surface area contributed by atoms with Gasteiger partial charge in [0.2, 0.25) is 5.91 Å². The largest absolute Gasteiger partial charge is 0.491 e. The van der Waals surface area contributed by atoms with Crippen molar-refractivity contribution >= 4 is 22.6 Å². The number of aliphatic hydroxyl groups is 1. The first-order chi connectivity index (χ1) is 17.0. The Labute approximate surface area is 205 Å². The van der Waals surface area contributed by atoms with E-state index in [1.54, 1.807) is 0 Å². The molecule has 2 heterocycles. The van der Waals surface area contributed by atoms with Crippen molar-refractivity contribution in [1.29, 1.82) is 0 Å². The molecule has 0 bridgehead atoms. The lowest BCUT2D eigenvalue weighted by Crippen LogP contribution is -2.26. The van der Waals surface area contributed by atoms with Crippen molar-refractivity contribution in [1.82, 2.24) is 9.55 Å². The van der Waals surface area contributed by atoms with Crippen LogP contribution in [0.1, 0.15) is 36.2 Å². The summed E-state index contributed by atoms with van der Waals surface area (Å²) in [6.07, 6.45) is 0.646. The summed E-state index contributed by atoms with van der Waals surface area (Å²) in [6.45, 7) is 5.23. The lowest BCUT2D eigenvalue weighted by atomic mass is 10.1. The van der Waals surface area contributed by atoms with E-state index in [2.05, 4.69) is 23.6 Å². The van der Waals surface area contributed by atoms with Crippen LogP contribution in [0, 0.1) is 6.92 Å². The van der Waals surface area contributed by atoms with Crippen molar-refractivity contribution in [2.45, 2.75) is 45.3 Å². The Morgan fingerprint density at radius 2 is 1.89 bits per heavy atom. The van der Waals surface area contributed by atoms with Crippen LogP contribution in [0.2, 0.25) is 0 Å². The smallest absolute Gasteiger partial charge is 0.227 e. The number of rotatable bonds is 8. The molecule has 0 saturated carbocycles. The maximum atomic E-state index is 13.0. The molecule has 6 heteroatoms. The summed E-state index contributed by atoms with van der Waals surface area (Å²) < 4.78 is 7.90. The molecule has 1 aliphatic heterocycles. The molecule has 3 aromatic carbocycles. The van der Waals surface area contributed by atoms with Gasteiger partial charge in [-0.25, -0.2) is 4.98 Å². The number of aryl methyl sites for hydroxylation is 2. The van der Waals surface area contributed by atoms with Gasteiger partial charge in [-0.1, -0.05) is 43.3 Å². The molecule has 1 aromatic heterocycles. The highest BCUT2D eigenvalue weighted by molar-refractivity contribution is 5.96. The van der Waals surface area contributed by atoms with Gasteiger partial charge in [0, 0.05) is 24.6 Å². The monoisotopic (exact) mass is 469 g/mol. The van der Waals surface area contributed by atoms with Gasteiger partial charge in [-0.3, -0.25) is 4.79 Å². The molecule has 0 spiro atoms. The van der Waals surface area contributed by atoms with E-state index in [0.29, 0.717) is 19.5 Å². The Morgan fingerprint density at radius 1 is 1.09 bits per heavy atom. The minimum Gasteiger partial charge on any atom is -0.491 e. The van der Waals surface area contributed by atoms with Crippen LogP contribution in [0.5, 0.6) is 5.75 Å². The number of carbonyl (C=O) groups is 1. The van der Waals surface area contributed by atoms with Gasteiger partial charge < -0.3 is 19.3 Å². The number of benzene rings is 3. The van der Waals surface area contributed by atoms with Gasteiger partial charge in [-0.2, -0.15) is 0 Å². The maximum Gasteiger partial charge on any atom is 0.227 e. The fourth-order valence-corrected chi connectivity index (χ4v) is 4.80. The molecule has 0 unspecified atom stereocenters. The number of nitrogens with zero attached hydrogens (tertiary/aromatic N) is 3. The average molecular weight is 470 g/mol. The van der Waals surface area contributed by atoms with Crippen LogP contribution >= 0.6 is 0 Å². The van der Waals surface area contributed by atoms with Gasteiger partial charge in [-0.05, 0) is 60.9 Å². The molecule has 2 atom stereocenters. The first-order valence-corrected chi connectivity index (χ1v) is 12.2. The Bertz CT molecular complexity index is 1330. The first kappa shape index (κ1) is 23.1. The van der Waals surface area contributed by atoms with Crippen molar-refractivity contribution in [3.05, 3.63) is 89.7 Å². The standard InChI is InChI=1S/C29H31N3O3/c1-3-21-11-13-23(14-12-21)31-17-22(16-28(31)34)29-30-26-9-4-5-10-27(26)32(29)18-24(33)19-35-25-8-6-7-20(2)15-25/h4-15,22,24,33H,3,16-19H2,1-2H3/t22-,24+/m0/s1. The second kappa shape index (κ2) is 9.92. The first-order valence-electron chi connectivity index (χ1n) is 12.2. The van der Waals surface area contributed by atoms with Gasteiger partial charge in [-0.15, -0.1) is 0 Å². The predicted octanol–water partition coefficient (Wildman–Crippen LogP) is 4.87. The fourth-order valence-electron chi connectivity index (χ4n) is 4.80. The lowest BCUT2D eigenvalue weighted by molar-refractivity contribution is -0.117. The van der Waals surface area contributed by atoms with E-state index < -0.39 is 6.10 Å². The Morgan fingerprint density at radius 3 is 2.66 bits per heavy atom. The third-order valence-electron chi connectivity index (χ3n) is 6.66. The topological polar surface area (TPSA) is 67.6 Å². The molecule has 0 radical (unpaired) electrons. The van der Waals surface area contributed by atoms with Crippen LogP contribution in [0.4, 0.5) is 5.69 Å². The van der Waals surface area contributed by atoms with Gasteiger partial charge in [0.05, 0.1) is 17.6 Å². The SMILES string of the molecule is CCc1ccc(N2C[C@@H](c3nc4ccccc4n3C[C@@H](O)COc3cccc(C)c3)CC2=O)cc1. The minimum atomic E-state index is -0.721. The number of anilines is 1. The van der Waals surface area contributed by atoms with Gasteiger partial charge in [0.1, 0.15) is 24.3 Å². The quantitative estimate of drug-likeness (QED) is 0.400. The fraction of sp³-hybridized carbons (Fsp3) is 0.310. The van der Waals surface area contributed by atoms with E-state index in [9.17, 15) is 9.90 Å². The summed E-state index contributed by atoms with van der Waals surface area (Å²) >= 11 is 0. The van der Waals surface area contributed by atoms with E-state index in [0.717, 1.165) is 40.3 Å². The molecular formula is C29H31N3O3. The highest BCUT2D eigenvalue weighted by Crippen LogP contribution is 2.33. The number of imidazole rings is 1. The van der Waals surface area contributed by atoms with Gasteiger partial charge >= 0.3 is 0 Å². The number of hydrogen-bond acceptors (Lipinski definition) is 4. The highest BCUT2D eigenvalue weighted by Gasteiger charge is 2.35. The zero-order valence-corrected chi connectivity index (χ0v) is 20.2. The third-order valence-corrected chi connectivity index (χ3v) is 6.66. The summed E-state index contributed by atoms with van der Waals surface area (Å²) in [5, 5.41) is 10.9. The van der Waals surface area contributed by atoms with E-state index >= 15 is 0 Å². The van der Waals surface area contributed by atoms with Crippen LogP contribution in [0.3, 0.4) is 0 Å². The molecule has 5 rings (SSSR count).